The predicted octanol–water partition coefficient (Wildman–Crippen LogP) is 3.77. The lowest BCUT2D eigenvalue weighted by atomic mass is 10.1. The Kier molecular flexibility index (Phi) is 2.33. The van der Waals surface area contributed by atoms with Gasteiger partial charge in [-0.25, -0.2) is 9.97 Å². The molecule has 0 unspecified atom stereocenters. The number of hydrogen-bond acceptors (Lipinski definition) is 4. The topological polar surface area (TPSA) is 61.9 Å². The third kappa shape index (κ3) is 1.75. The molecule has 0 saturated heterocycles. The van der Waals surface area contributed by atoms with Crippen LogP contribution in [0.5, 0.6) is 0 Å². The quantitative estimate of drug-likeness (QED) is 0.498. The summed E-state index contributed by atoms with van der Waals surface area (Å²) in [6.07, 6.45) is 12.5. The Hall–Kier alpha value is -3.28. The van der Waals surface area contributed by atoms with E-state index in [0.717, 1.165) is 38.9 Å². The number of furan rings is 2. The number of imidazole rings is 2. The van der Waals surface area contributed by atoms with Gasteiger partial charge in [-0.1, -0.05) is 0 Å². The molecule has 23 heavy (non-hydrogen) atoms. The molecule has 0 aliphatic heterocycles. The first-order valence-electron chi connectivity index (χ1n) is 7.19. The fraction of sp³-hybridized carbons (Fsp3) is 0.0588. The minimum atomic E-state index is 0.743. The monoisotopic (exact) mass is 304 g/mol. The van der Waals surface area contributed by atoms with Gasteiger partial charge in [0, 0.05) is 47.4 Å². The molecule has 0 aliphatic rings. The summed E-state index contributed by atoms with van der Waals surface area (Å²) in [6.45, 7) is 0. The van der Waals surface area contributed by atoms with Gasteiger partial charge in [0.25, 0.3) is 0 Å². The first-order valence-corrected chi connectivity index (χ1v) is 7.19. The van der Waals surface area contributed by atoms with Crippen molar-refractivity contribution < 1.29 is 8.83 Å². The van der Waals surface area contributed by atoms with Gasteiger partial charge in [-0.05, 0) is 12.1 Å². The first-order chi connectivity index (χ1) is 11.3. The molecular formula is C17H12N4O2. The van der Waals surface area contributed by atoms with Gasteiger partial charge in [0.15, 0.2) is 0 Å². The van der Waals surface area contributed by atoms with E-state index < -0.39 is 0 Å². The number of benzene rings is 1. The van der Waals surface area contributed by atoms with Crippen LogP contribution in [-0.4, -0.2) is 19.1 Å². The maximum atomic E-state index is 5.71. The zero-order valence-electron chi connectivity index (χ0n) is 12.3. The van der Waals surface area contributed by atoms with Crippen LogP contribution in [0.1, 0.15) is 0 Å². The molecule has 0 N–H and O–H groups in total. The van der Waals surface area contributed by atoms with Crippen molar-refractivity contribution in [2.45, 2.75) is 0 Å². The fourth-order valence-corrected chi connectivity index (χ4v) is 2.88. The SMILES string of the molecule is Cn1cnc(-c2coc3cc4coc(-n5ccnc5)c4cc23)c1. The second-order valence-corrected chi connectivity index (χ2v) is 5.52. The lowest BCUT2D eigenvalue weighted by molar-refractivity contribution is 0.543. The number of aryl methyl sites for hydroxylation is 1. The minimum Gasteiger partial charge on any atom is -0.464 e. The van der Waals surface area contributed by atoms with Gasteiger partial charge in [-0.3, -0.25) is 4.57 Å². The maximum absolute atomic E-state index is 5.71. The lowest BCUT2D eigenvalue weighted by Crippen LogP contribution is -1.87. The van der Waals surface area contributed by atoms with E-state index in [-0.39, 0.29) is 0 Å². The number of fused-ring (bicyclic) bond motifs is 2. The van der Waals surface area contributed by atoms with Crippen LogP contribution in [0.15, 0.2) is 64.7 Å². The van der Waals surface area contributed by atoms with Gasteiger partial charge in [-0.2, -0.15) is 0 Å². The zero-order valence-corrected chi connectivity index (χ0v) is 12.3. The first kappa shape index (κ1) is 12.3. The van der Waals surface area contributed by atoms with E-state index in [1.807, 2.05) is 34.6 Å². The number of rotatable bonds is 2. The van der Waals surface area contributed by atoms with Crippen LogP contribution in [0.2, 0.25) is 0 Å². The van der Waals surface area contributed by atoms with E-state index >= 15 is 0 Å². The van der Waals surface area contributed by atoms with Gasteiger partial charge in [-0.15, -0.1) is 0 Å². The summed E-state index contributed by atoms with van der Waals surface area (Å²) in [5.41, 5.74) is 2.68. The van der Waals surface area contributed by atoms with Crippen LogP contribution in [0.3, 0.4) is 0 Å². The second-order valence-electron chi connectivity index (χ2n) is 5.52. The Labute approximate surface area is 130 Å². The van der Waals surface area contributed by atoms with Crippen LogP contribution >= 0.6 is 0 Å². The zero-order chi connectivity index (χ0) is 15.4. The molecule has 0 aliphatic carbocycles. The van der Waals surface area contributed by atoms with Crippen LogP contribution in [0, 0.1) is 0 Å². The van der Waals surface area contributed by atoms with E-state index in [1.54, 1.807) is 31.4 Å². The van der Waals surface area contributed by atoms with Crippen LogP contribution in [0.4, 0.5) is 0 Å². The summed E-state index contributed by atoms with van der Waals surface area (Å²) in [4.78, 5) is 8.49. The smallest absolute Gasteiger partial charge is 0.212 e. The number of hydrogen-bond donors (Lipinski definition) is 0. The van der Waals surface area contributed by atoms with E-state index in [9.17, 15) is 0 Å². The van der Waals surface area contributed by atoms with E-state index in [0.29, 0.717) is 0 Å². The molecule has 0 fully saturated rings. The Morgan fingerprint density at radius 2 is 2.00 bits per heavy atom. The maximum Gasteiger partial charge on any atom is 0.212 e. The Morgan fingerprint density at radius 1 is 1.04 bits per heavy atom. The summed E-state index contributed by atoms with van der Waals surface area (Å²) in [7, 11) is 1.95. The van der Waals surface area contributed by atoms with Gasteiger partial charge >= 0.3 is 0 Å². The van der Waals surface area contributed by atoms with E-state index in [1.165, 1.54) is 0 Å². The van der Waals surface area contributed by atoms with Crippen LogP contribution < -0.4 is 0 Å². The van der Waals surface area contributed by atoms with Crippen molar-refractivity contribution in [3.8, 4) is 17.1 Å². The Morgan fingerprint density at radius 3 is 2.78 bits per heavy atom. The summed E-state index contributed by atoms with van der Waals surface area (Å²) in [5, 5.41) is 3.01. The van der Waals surface area contributed by atoms with Crippen molar-refractivity contribution in [2.24, 2.45) is 7.05 Å². The van der Waals surface area contributed by atoms with Crippen molar-refractivity contribution >= 4 is 21.7 Å². The van der Waals surface area contributed by atoms with Gasteiger partial charge < -0.3 is 13.4 Å². The van der Waals surface area contributed by atoms with Crippen LogP contribution in [-0.2, 0) is 7.05 Å². The molecule has 0 bridgehead atoms. The molecule has 4 aromatic heterocycles. The van der Waals surface area contributed by atoms with Crippen molar-refractivity contribution in [2.75, 3.05) is 0 Å². The highest BCUT2D eigenvalue weighted by Crippen LogP contribution is 2.35. The second kappa shape index (κ2) is 4.36. The van der Waals surface area contributed by atoms with E-state index in [2.05, 4.69) is 16.0 Å². The summed E-state index contributed by atoms with van der Waals surface area (Å²) < 4.78 is 15.2. The molecule has 6 nitrogen and oxygen atoms in total. The largest absolute Gasteiger partial charge is 0.464 e. The molecule has 1 aromatic carbocycles. The lowest BCUT2D eigenvalue weighted by Gasteiger charge is -1.98. The molecule has 5 aromatic rings. The van der Waals surface area contributed by atoms with Gasteiger partial charge in [0.2, 0.25) is 5.88 Å². The Balaban J connectivity index is 1.80. The third-order valence-corrected chi connectivity index (χ3v) is 3.99. The van der Waals surface area contributed by atoms with Crippen molar-refractivity contribution in [1.82, 2.24) is 19.1 Å². The molecule has 0 saturated carbocycles. The summed E-state index contributed by atoms with van der Waals surface area (Å²) in [5.74, 6) is 0.743. The predicted molar refractivity (Wildman–Crippen MR) is 85.3 cm³/mol. The normalized spacial score (nSPS) is 11.7. The standard InChI is InChI=1S/C17H12N4O2/c1-20-6-15(19-10-20)14-8-22-16-4-11-7-23-17(12(11)5-13(14)16)21-3-2-18-9-21/h2-10H,1H3. The van der Waals surface area contributed by atoms with Crippen molar-refractivity contribution in [3.05, 3.63) is 55.9 Å². The molecule has 112 valence electrons. The van der Waals surface area contributed by atoms with Crippen molar-refractivity contribution in [1.29, 1.82) is 0 Å². The molecule has 0 amide bonds. The molecule has 0 radical (unpaired) electrons. The van der Waals surface area contributed by atoms with E-state index in [4.69, 9.17) is 8.83 Å². The highest BCUT2D eigenvalue weighted by atomic mass is 16.3. The molecule has 0 atom stereocenters. The average molecular weight is 304 g/mol. The minimum absolute atomic E-state index is 0.743. The average Bonchev–Trinajstić information content (AvgIpc) is 3.30. The van der Waals surface area contributed by atoms with Crippen LogP contribution in [0.25, 0.3) is 38.9 Å². The number of nitrogens with zero attached hydrogens (tertiary/aromatic N) is 4. The highest BCUT2D eigenvalue weighted by molar-refractivity contribution is 6.04. The Bertz CT molecular complexity index is 1130. The summed E-state index contributed by atoms with van der Waals surface area (Å²) in [6, 6.07) is 4.07. The van der Waals surface area contributed by atoms with Crippen molar-refractivity contribution in [3.63, 3.8) is 0 Å². The molecular weight excluding hydrogens is 292 g/mol. The third-order valence-electron chi connectivity index (χ3n) is 3.99. The number of aromatic nitrogens is 4. The highest BCUT2D eigenvalue weighted by Gasteiger charge is 2.15. The molecule has 0 spiro atoms. The van der Waals surface area contributed by atoms with Gasteiger partial charge in [0.1, 0.15) is 24.4 Å². The molecule has 5 rings (SSSR count). The van der Waals surface area contributed by atoms with Gasteiger partial charge in [0.05, 0.1) is 12.0 Å². The summed E-state index contributed by atoms with van der Waals surface area (Å²) >= 11 is 0. The molecule has 6 heteroatoms. The fourth-order valence-electron chi connectivity index (χ4n) is 2.88. The molecule has 4 heterocycles.